The van der Waals surface area contributed by atoms with Crippen LogP contribution in [-0.2, 0) is 7.05 Å². The van der Waals surface area contributed by atoms with E-state index in [1.54, 1.807) is 24.9 Å². The number of nitrogens with zero attached hydrogens (tertiary/aromatic N) is 3. The third kappa shape index (κ3) is 3.74. The maximum absolute atomic E-state index is 12.2. The first-order valence-corrected chi connectivity index (χ1v) is 6.15. The Labute approximate surface area is 119 Å². The van der Waals surface area contributed by atoms with Crippen LogP contribution in [0.4, 0.5) is 14.5 Å². The normalized spacial score (nSPS) is 10.7. The van der Waals surface area contributed by atoms with Gasteiger partial charge in [0.1, 0.15) is 5.56 Å². The molecule has 21 heavy (non-hydrogen) atoms. The predicted octanol–water partition coefficient (Wildman–Crippen LogP) is 2.02. The highest BCUT2D eigenvalue weighted by molar-refractivity contribution is 6.06. The number of rotatable bonds is 5. The number of aryl methyl sites for hydroxylation is 2. The fraction of sp³-hybridized carbons (Fsp3) is 0.308. The smallest absolute Gasteiger partial charge is 0.272 e. The molecule has 0 aromatic carbocycles. The van der Waals surface area contributed by atoms with E-state index >= 15 is 0 Å². The van der Waals surface area contributed by atoms with Gasteiger partial charge < -0.3 is 10.1 Å². The Balaban J connectivity index is 2.17. The Bertz CT molecular complexity index is 643. The summed E-state index contributed by atoms with van der Waals surface area (Å²) in [6, 6.07) is 2.98. The number of nitrogens with one attached hydrogen (secondary N) is 1. The molecule has 8 heteroatoms. The fourth-order valence-corrected chi connectivity index (χ4v) is 1.73. The highest BCUT2D eigenvalue weighted by atomic mass is 19.3. The van der Waals surface area contributed by atoms with E-state index in [9.17, 15) is 13.6 Å². The van der Waals surface area contributed by atoms with Crippen molar-refractivity contribution < 1.29 is 18.3 Å². The number of ether oxygens (including phenoxy) is 1. The number of anilines is 1. The Morgan fingerprint density at radius 1 is 1.52 bits per heavy atom. The van der Waals surface area contributed by atoms with Crippen LogP contribution < -0.4 is 10.1 Å². The zero-order valence-corrected chi connectivity index (χ0v) is 11.5. The van der Waals surface area contributed by atoms with Gasteiger partial charge in [-0.25, -0.2) is 13.8 Å². The number of carbonyl (C=O) groups excluding carboxylic acids is 1. The van der Waals surface area contributed by atoms with Gasteiger partial charge in [-0.2, -0.15) is 5.10 Å². The van der Waals surface area contributed by atoms with E-state index in [4.69, 9.17) is 4.74 Å². The molecule has 2 aromatic heterocycles. The van der Waals surface area contributed by atoms with Crippen LogP contribution in [0.2, 0.25) is 0 Å². The molecule has 0 aliphatic carbocycles. The van der Waals surface area contributed by atoms with Gasteiger partial charge in [0.05, 0.1) is 11.4 Å². The van der Waals surface area contributed by atoms with Crippen LogP contribution in [-0.4, -0.2) is 33.7 Å². The number of halogens is 2. The number of amides is 1. The largest absolute Gasteiger partial charge is 0.471 e. The van der Waals surface area contributed by atoms with Gasteiger partial charge in [-0.1, -0.05) is 0 Å². The summed E-state index contributed by atoms with van der Waals surface area (Å²) >= 11 is 0. The molecule has 2 aromatic rings. The summed E-state index contributed by atoms with van der Waals surface area (Å²) in [7, 11) is 1.73. The van der Waals surface area contributed by atoms with E-state index < -0.39 is 18.9 Å². The van der Waals surface area contributed by atoms with Crippen LogP contribution in [0.15, 0.2) is 24.5 Å². The van der Waals surface area contributed by atoms with E-state index in [-0.39, 0.29) is 11.4 Å². The first-order valence-electron chi connectivity index (χ1n) is 6.15. The Hall–Kier alpha value is -2.51. The number of hydrogen-bond donors (Lipinski definition) is 1. The molecule has 0 bridgehead atoms. The number of hydrogen-bond acceptors (Lipinski definition) is 4. The molecule has 0 spiro atoms. The minimum Gasteiger partial charge on any atom is -0.471 e. The molecule has 0 radical (unpaired) electrons. The Morgan fingerprint density at radius 2 is 2.29 bits per heavy atom. The SMILES string of the molecule is Cc1nn(C)cc1NC(=O)c1cccnc1OCC(F)F. The first kappa shape index (κ1) is 14.9. The Morgan fingerprint density at radius 3 is 2.90 bits per heavy atom. The number of alkyl halides is 2. The number of pyridine rings is 1. The molecule has 0 atom stereocenters. The second kappa shape index (κ2) is 6.29. The third-order valence-electron chi connectivity index (χ3n) is 2.62. The van der Waals surface area contributed by atoms with Gasteiger partial charge in [-0.15, -0.1) is 0 Å². The first-order chi connectivity index (χ1) is 9.97. The summed E-state index contributed by atoms with van der Waals surface area (Å²) < 4.78 is 30.8. The van der Waals surface area contributed by atoms with E-state index in [1.165, 1.54) is 18.3 Å². The van der Waals surface area contributed by atoms with Gasteiger partial charge >= 0.3 is 0 Å². The summed E-state index contributed by atoms with van der Waals surface area (Å²) in [5.41, 5.74) is 1.26. The summed E-state index contributed by atoms with van der Waals surface area (Å²) in [6.45, 7) is 0.927. The predicted molar refractivity (Wildman–Crippen MR) is 71.6 cm³/mol. The van der Waals surface area contributed by atoms with Crippen LogP contribution in [0.5, 0.6) is 5.88 Å². The van der Waals surface area contributed by atoms with Crippen LogP contribution in [0.25, 0.3) is 0 Å². The maximum atomic E-state index is 12.2. The highest BCUT2D eigenvalue weighted by Gasteiger charge is 2.16. The fourth-order valence-electron chi connectivity index (χ4n) is 1.73. The summed E-state index contributed by atoms with van der Waals surface area (Å²) in [4.78, 5) is 16.0. The lowest BCUT2D eigenvalue weighted by Crippen LogP contribution is -2.16. The van der Waals surface area contributed by atoms with Gasteiger partial charge in [-0.05, 0) is 19.1 Å². The maximum Gasteiger partial charge on any atom is 0.272 e. The molecule has 0 fully saturated rings. The number of carbonyl (C=O) groups is 1. The minimum absolute atomic E-state index is 0.0846. The molecule has 0 unspecified atom stereocenters. The molecule has 0 saturated carbocycles. The molecular formula is C13H14F2N4O2. The van der Waals surface area contributed by atoms with Crippen molar-refractivity contribution in [2.24, 2.45) is 7.05 Å². The molecule has 1 N–H and O–H groups in total. The van der Waals surface area contributed by atoms with Gasteiger partial charge in [0, 0.05) is 19.4 Å². The lowest BCUT2D eigenvalue weighted by atomic mass is 10.2. The minimum atomic E-state index is -2.64. The van der Waals surface area contributed by atoms with Crippen molar-refractivity contribution in [3.63, 3.8) is 0 Å². The number of aromatic nitrogens is 3. The van der Waals surface area contributed by atoms with Crippen LogP contribution in [0, 0.1) is 6.92 Å². The molecule has 6 nitrogen and oxygen atoms in total. The lowest BCUT2D eigenvalue weighted by molar-refractivity contribution is 0.0780. The second-order valence-corrected chi connectivity index (χ2v) is 4.31. The van der Waals surface area contributed by atoms with E-state index in [0.717, 1.165) is 0 Å². The monoisotopic (exact) mass is 296 g/mol. The molecular weight excluding hydrogens is 282 g/mol. The van der Waals surface area contributed by atoms with Gasteiger partial charge in [0.15, 0.2) is 6.61 Å². The van der Waals surface area contributed by atoms with E-state index in [2.05, 4.69) is 15.4 Å². The van der Waals surface area contributed by atoms with Crippen molar-refractivity contribution in [1.29, 1.82) is 0 Å². The van der Waals surface area contributed by atoms with E-state index in [0.29, 0.717) is 11.4 Å². The molecule has 2 heterocycles. The standard InChI is InChI=1S/C13H14F2N4O2/c1-8-10(6-19(2)18-8)17-12(20)9-4-3-5-16-13(9)21-7-11(14)15/h3-6,11H,7H2,1-2H3,(H,17,20). The van der Waals surface area contributed by atoms with Crippen molar-refractivity contribution in [2.75, 3.05) is 11.9 Å². The zero-order chi connectivity index (χ0) is 15.4. The quantitative estimate of drug-likeness (QED) is 0.916. The Kier molecular flexibility index (Phi) is 4.46. The second-order valence-electron chi connectivity index (χ2n) is 4.31. The molecule has 0 saturated heterocycles. The van der Waals surface area contributed by atoms with Crippen LogP contribution in [0.1, 0.15) is 16.1 Å². The average Bonchev–Trinajstić information content (AvgIpc) is 2.74. The summed E-state index contributed by atoms with van der Waals surface area (Å²) in [5.74, 6) is -0.625. The van der Waals surface area contributed by atoms with Crippen molar-refractivity contribution in [3.8, 4) is 5.88 Å². The van der Waals surface area contributed by atoms with Gasteiger partial charge in [0.25, 0.3) is 12.3 Å². The van der Waals surface area contributed by atoms with Gasteiger partial charge in [-0.3, -0.25) is 9.48 Å². The third-order valence-corrected chi connectivity index (χ3v) is 2.62. The zero-order valence-electron chi connectivity index (χ0n) is 11.5. The van der Waals surface area contributed by atoms with Crippen molar-refractivity contribution in [2.45, 2.75) is 13.3 Å². The van der Waals surface area contributed by atoms with Crippen LogP contribution >= 0.6 is 0 Å². The van der Waals surface area contributed by atoms with Crippen molar-refractivity contribution in [3.05, 3.63) is 35.8 Å². The average molecular weight is 296 g/mol. The van der Waals surface area contributed by atoms with E-state index in [1.807, 2.05) is 0 Å². The molecule has 0 aliphatic rings. The van der Waals surface area contributed by atoms with Crippen molar-refractivity contribution in [1.82, 2.24) is 14.8 Å². The van der Waals surface area contributed by atoms with Crippen LogP contribution in [0.3, 0.4) is 0 Å². The van der Waals surface area contributed by atoms with Crippen molar-refractivity contribution >= 4 is 11.6 Å². The molecule has 1 amide bonds. The molecule has 112 valence electrons. The lowest BCUT2D eigenvalue weighted by Gasteiger charge is -2.09. The topological polar surface area (TPSA) is 69.0 Å². The summed E-state index contributed by atoms with van der Waals surface area (Å²) in [6.07, 6.45) is 0.374. The van der Waals surface area contributed by atoms with Gasteiger partial charge in [0.2, 0.25) is 5.88 Å². The highest BCUT2D eigenvalue weighted by Crippen LogP contribution is 2.18. The summed E-state index contributed by atoms with van der Waals surface area (Å²) in [5, 5.41) is 6.74. The molecule has 0 aliphatic heterocycles. The molecule has 2 rings (SSSR count).